The second-order valence-corrected chi connectivity index (χ2v) is 5.61. The van der Waals surface area contributed by atoms with Crippen molar-refractivity contribution in [2.75, 3.05) is 18.0 Å². The first-order chi connectivity index (χ1) is 10.8. The summed E-state index contributed by atoms with van der Waals surface area (Å²) in [6.07, 6.45) is 0. The number of halogens is 1. The second kappa shape index (κ2) is 4.95. The molecule has 1 aromatic rings. The first-order valence-electron chi connectivity index (χ1n) is 6.80. The molecule has 0 aromatic heterocycles. The maximum Gasteiger partial charge on any atom is 0.325 e. The zero-order chi connectivity index (χ0) is 16.9. The van der Waals surface area contributed by atoms with Crippen LogP contribution in [0.15, 0.2) is 18.2 Å². The van der Waals surface area contributed by atoms with Crippen LogP contribution in [0.1, 0.15) is 12.5 Å². The third-order valence-corrected chi connectivity index (χ3v) is 4.17. The van der Waals surface area contributed by atoms with Gasteiger partial charge in [0.05, 0.1) is 5.69 Å². The summed E-state index contributed by atoms with van der Waals surface area (Å²) in [6.45, 7) is 1.07. The van der Waals surface area contributed by atoms with E-state index in [0.717, 1.165) is 9.80 Å². The van der Waals surface area contributed by atoms with Gasteiger partial charge in [0.1, 0.15) is 6.54 Å². The molecule has 120 valence electrons. The summed E-state index contributed by atoms with van der Waals surface area (Å²) in [4.78, 5) is 50.4. The molecule has 1 fully saturated rings. The first-order valence-corrected chi connectivity index (χ1v) is 7.18. The van der Waals surface area contributed by atoms with E-state index in [9.17, 15) is 19.2 Å². The Morgan fingerprint density at radius 1 is 1.26 bits per heavy atom. The highest BCUT2D eigenvalue weighted by Gasteiger charge is 2.63. The predicted octanol–water partition coefficient (Wildman–Crippen LogP) is 0.538. The van der Waals surface area contributed by atoms with Crippen LogP contribution in [0.2, 0.25) is 5.02 Å². The molecular formula is C14H12ClN3O5. The lowest BCUT2D eigenvalue weighted by Gasteiger charge is -2.20. The quantitative estimate of drug-likeness (QED) is 0.618. The third-order valence-electron chi connectivity index (χ3n) is 3.93. The molecule has 0 unspecified atom stereocenters. The zero-order valence-electron chi connectivity index (χ0n) is 12.0. The van der Waals surface area contributed by atoms with Gasteiger partial charge in [-0.05, 0) is 25.1 Å². The van der Waals surface area contributed by atoms with Crippen LogP contribution in [0.25, 0.3) is 0 Å². The number of anilines is 1. The molecule has 8 nitrogen and oxygen atoms in total. The number of aliphatic carboxylic acids is 1. The van der Waals surface area contributed by atoms with Crippen molar-refractivity contribution in [1.82, 2.24) is 10.2 Å². The van der Waals surface area contributed by atoms with E-state index in [1.807, 2.05) is 0 Å². The summed E-state index contributed by atoms with van der Waals surface area (Å²) >= 11 is 5.96. The fourth-order valence-corrected chi connectivity index (χ4v) is 3.13. The van der Waals surface area contributed by atoms with Gasteiger partial charge in [0, 0.05) is 17.1 Å². The van der Waals surface area contributed by atoms with Crippen LogP contribution < -0.4 is 10.2 Å². The number of hydrogen-bond acceptors (Lipinski definition) is 4. The highest BCUT2D eigenvalue weighted by atomic mass is 35.5. The molecule has 2 aliphatic heterocycles. The molecule has 23 heavy (non-hydrogen) atoms. The van der Waals surface area contributed by atoms with Crippen molar-refractivity contribution in [2.45, 2.75) is 12.5 Å². The van der Waals surface area contributed by atoms with Gasteiger partial charge in [0.25, 0.3) is 11.8 Å². The van der Waals surface area contributed by atoms with E-state index in [2.05, 4.69) is 5.32 Å². The fraction of sp³-hybridized carbons (Fsp3) is 0.286. The van der Waals surface area contributed by atoms with Gasteiger partial charge in [-0.3, -0.25) is 24.2 Å². The van der Waals surface area contributed by atoms with E-state index in [1.54, 1.807) is 6.92 Å². The molecule has 9 heteroatoms. The number of hydrogen-bond donors (Lipinski definition) is 2. The number of benzene rings is 1. The Labute approximate surface area is 135 Å². The van der Waals surface area contributed by atoms with E-state index in [-0.39, 0.29) is 22.8 Å². The van der Waals surface area contributed by atoms with Crippen LogP contribution in [-0.2, 0) is 19.9 Å². The topological polar surface area (TPSA) is 107 Å². The number of likely N-dealkylation sites (N-methyl/N-ethyl adjacent to an activating group) is 1. The molecule has 0 bridgehead atoms. The Morgan fingerprint density at radius 2 is 1.91 bits per heavy atom. The monoisotopic (exact) mass is 337 g/mol. The van der Waals surface area contributed by atoms with Gasteiger partial charge in [0.2, 0.25) is 5.54 Å². The summed E-state index contributed by atoms with van der Waals surface area (Å²) in [5.41, 5.74) is -1.51. The van der Waals surface area contributed by atoms with Crippen LogP contribution >= 0.6 is 11.6 Å². The molecule has 1 saturated heterocycles. The maximum atomic E-state index is 12.8. The number of carboxylic acid groups (broad SMARTS) is 1. The van der Waals surface area contributed by atoms with E-state index in [0.29, 0.717) is 0 Å². The summed E-state index contributed by atoms with van der Waals surface area (Å²) in [6, 6.07) is 3.64. The van der Waals surface area contributed by atoms with Crippen molar-refractivity contribution in [3.8, 4) is 0 Å². The number of amides is 4. The smallest absolute Gasteiger partial charge is 0.325 e. The van der Waals surface area contributed by atoms with Crippen molar-refractivity contribution in [2.24, 2.45) is 0 Å². The highest BCUT2D eigenvalue weighted by molar-refractivity contribution is 6.32. The Hall–Kier alpha value is -2.61. The van der Waals surface area contributed by atoms with Gasteiger partial charge < -0.3 is 10.4 Å². The molecule has 2 aliphatic rings. The molecule has 1 spiro atoms. The van der Waals surface area contributed by atoms with E-state index < -0.39 is 35.9 Å². The van der Waals surface area contributed by atoms with E-state index in [4.69, 9.17) is 16.7 Å². The fourth-order valence-electron chi connectivity index (χ4n) is 2.95. The minimum absolute atomic E-state index is 0.0918. The number of carbonyl (C=O) groups is 4. The molecule has 1 aromatic carbocycles. The van der Waals surface area contributed by atoms with Crippen LogP contribution in [-0.4, -0.2) is 46.9 Å². The van der Waals surface area contributed by atoms with E-state index in [1.165, 1.54) is 18.2 Å². The lowest BCUT2D eigenvalue weighted by Crippen LogP contribution is -2.53. The number of carboxylic acids is 1. The first kappa shape index (κ1) is 15.3. The van der Waals surface area contributed by atoms with Gasteiger partial charge in [-0.1, -0.05) is 11.6 Å². The van der Waals surface area contributed by atoms with Gasteiger partial charge in [-0.2, -0.15) is 0 Å². The van der Waals surface area contributed by atoms with Crippen molar-refractivity contribution in [1.29, 1.82) is 0 Å². The third kappa shape index (κ3) is 1.91. The zero-order valence-corrected chi connectivity index (χ0v) is 12.8. The van der Waals surface area contributed by atoms with Crippen LogP contribution in [0.5, 0.6) is 0 Å². The van der Waals surface area contributed by atoms with Crippen molar-refractivity contribution >= 4 is 41.1 Å². The number of nitrogens with one attached hydrogen (secondary N) is 1. The summed E-state index contributed by atoms with van der Waals surface area (Å²) in [5, 5.41) is 11.7. The predicted molar refractivity (Wildman–Crippen MR) is 79.0 cm³/mol. The second-order valence-electron chi connectivity index (χ2n) is 5.18. The average molecular weight is 338 g/mol. The van der Waals surface area contributed by atoms with Crippen LogP contribution in [0.4, 0.5) is 10.5 Å². The minimum atomic E-state index is -1.94. The Morgan fingerprint density at radius 3 is 2.48 bits per heavy atom. The lowest BCUT2D eigenvalue weighted by atomic mass is 9.91. The molecule has 2 N–H and O–H groups in total. The van der Waals surface area contributed by atoms with Crippen molar-refractivity contribution < 1.29 is 24.3 Å². The summed E-state index contributed by atoms with van der Waals surface area (Å²) in [7, 11) is 0. The normalized spacial score (nSPS) is 22.8. The van der Waals surface area contributed by atoms with Gasteiger partial charge in [-0.15, -0.1) is 0 Å². The van der Waals surface area contributed by atoms with Gasteiger partial charge >= 0.3 is 12.0 Å². The number of rotatable bonds is 3. The maximum absolute atomic E-state index is 12.8. The van der Waals surface area contributed by atoms with Crippen LogP contribution in [0.3, 0.4) is 0 Å². The summed E-state index contributed by atoms with van der Waals surface area (Å²) in [5.74, 6) is -2.77. The molecule has 0 radical (unpaired) electrons. The number of imide groups is 1. The Kier molecular flexibility index (Phi) is 3.29. The number of fused-ring (bicyclic) bond motifs is 2. The molecule has 0 saturated carbocycles. The standard InChI is InChI=1S/C14H12ClN3O5/c1-2-17-11(21)14(16-13(17)23)8-5-7(15)3-4-9(8)18(12(14)22)6-10(19)20/h3-5H,2,6H2,1H3,(H,16,23)(H,19,20)/t14-/m1/s1. The average Bonchev–Trinajstić information content (AvgIpc) is 2.86. The van der Waals surface area contributed by atoms with Crippen LogP contribution in [0, 0.1) is 0 Å². The lowest BCUT2D eigenvalue weighted by molar-refractivity contribution is -0.141. The highest BCUT2D eigenvalue weighted by Crippen LogP contribution is 2.44. The minimum Gasteiger partial charge on any atom is -0.480 e. The molecule has 3 rings (SSSR count). The molecule has 2 heterocycles. The number of carbonyl (C=O) groups excluding carboxylic acids is 3. The molecule has 0 aliphatic carbocycles. The SMILES string of the molecule is CCN1C(=O)N[C@]2(C1=O)C(=O)N(CC(=O)O)c1ccc(Cl)cc12. The van der Waals surface area contributed by atoms with Crippen molar-refractivity contribution in [3.05, 3.63) is 28.8 Å². The number of urea groups is 1. The largest absolute Gasteiger partial charge is 0.480 e. The van der Waals surface area contributed by atoms with Gasteiger partial charge in [-0.25, -0.2) is 4.79 Å². The van der Waals surface area contributed by atoms with Gasteiger partial charge in [0.15, 0.2) is 0 Å². The molecule has 1 atom stereocenters. The molecular weight excluding hydrogens is 326 g/mol. The summed E-state index contributed by atoms with van der Waals surface area (Å²) < 4.78 is 0. The number of nitrogens with zero attached hydrogens (tertiary/aromatic N) is 2. The Bertz CT molecular complexity index is 765. The van der Waals surface area contributed by atoms with E-state index >= 15 is 0 Å². The Balaban J connectivity index is 2.22. The molecule has 4 amide bonds. The van der Waals surface area contributed by atoms with Crippen molar-refractivity contribution in [3.63, 3.8) is 0 Å².